The van der Waals surface area contributed by atoms with Gasteiger partial charge >= 0.3 is 0 Å². The van der Waals surface area contributed by atoms with Crippen molar-refractivity contribution < 1.29 is 14.2 Å². The van der Waals surface area contributed by atoms with Crippen LogP contribution in [0.25, 0.3) is 0 Å². The summed E-state index contributed by atoms with van der Waals surface area (Å²) in [6.45, 7) is 6.06. The van der Waals surface area contributed by atoms with Gasteiger partial charge in [0.25, 0.3) is 0 Å². The molecule has 0 radical (unpaired) electrons. The second-order valence-electron chi connectivity index (χ2n) is 3.86. The molecule has 0 aliphatic carbocycles. The van der Waals surface area contributed by atoms with Gasteiger partial charge in [0, 0.05) is 6.61 Å². The summed E-state index contributed by atoms with van der Waals surface area (Å²) in [4.78, 5) is 0. The summed E-state index contributed by atoms with van der Waals surface area (Å²) < 4.78 is 18.7. The Morgan fingerprint density at radius 1 is 1.38 bits per heavy atom. The molecule has 0 saturated heterocycles. The molecule has 0 saturated carbocycles. The van der Waals surface area contributed by atoms with Crippen molar-refractivity contribution in [3.8, 4) is 0 Å². The molecule has 2 nitrogen and oxygen atoms in total. The Kier molecular flexibility index (Phi) is 4.90. The zero-order valence-electron chi connectivity index (χ0n) is 10.0. The zero-order valence-corrected chi connectivity index (χ0v) is 10.0. The Hall–Kier alpha value is -0.930. The standard InChI is InChI=1S/C13H19FO2/c1-4-12(16-5-2)13(15)10-7-6-9(3)11(14)8-10/h6-8,12-13,15H,4-5H2,1-3H3. The molecule has 0 aromatic heterocycles. The van der Waals surface area contributed by atoms with Crippen LogP contribution in [0.3, 0.4) is 0 Å². The van der Waals surface area contributed by atoms with Crippen molar-refractivity contribution in [2.45, 2.75) is 39.4 Å². The Balaban J connectivity index is 2.85. The Labute approximate surface area is 96.1 Å². The monoisotopic (exact) mass is 226 g/mol. The van der Waals surface area contributed by atoms with E-state index in [1.165, 1.54) is 6.07 Å². The van der Waals surface area contributed by atoms with E-state index in [1.54, 1.807) is 19.1 Å². The van der Waals surface area contributed by atoms with Gasteiger partial charge in [-0.2, -0.15) is 0 Å². The predicted molar refractivity (Wildman–Crippen MR) is 61.8 cm³/mol. The quantitative estimate of drug-likeness (QED) is 0.836. The number of aliphatic hydroxyl groups is 1. The fraction of sp³-hybridized carbons (Fsp3) is 0.538. The minimum absolute atomic E-state index is 0.271. The van der Waals surface area contributed by atoms with Crippen LogP contribution < -0.4 is 0 Å². The van der Waals surface area contributed by atoms with Crippen LogP contribution in [-0.4, -0.2) is 17.8 Å². The smallest absolute Gasteiger partial charge is 0.126 e. The highest BCUT2D eigenvalue weighted by molar-refractivity contribution is 5.25. The van der Waals surface area contributed by atoms with Gasteiger partial charge in [-0.05, 0) is 37.5 Å². The largest absolute Gasteiger partial charge is 0.386 e. The summed E-state index contributed by atoms with van der Waals surface area (Å²) >= 11 is 0. The van der Waals surface area contributed by atoms with Crippen LogP contribution in [0, 0.1) is 12.7 Å². The first-order chi connectivity index (χ1) is 7.60. The minimum Gasteiger partial charge on any atom is -0.386 e. The van der Waals surface area contributed by atoms with Crippen LogP contribution in [0.1, 0.15) is 37.5 Å². The van der Waals surface area contributed by atoms with E-state index in [-0.39, 0.29) is 11.9 Å². The van der Waals surface area contributed by atoms with Crippen molar-refractivity contribution in [1.29, 1.82) is 0 Å². The molecule has 1 aromatic carbocycles. The molecule has 0 heterocycles. The lowest BCUT2D eigenvalue weighted by atomic mass is 10.0. The number of aryl methyl sites for hydroxylation is 1. The van der Waals surface area contributed by atoms with Crippen LogP contribution in [0.2, 0.25) is 0 Å². The fourth-order valence-electron chi connectivity index (χ4n) is 1.65. The third-order valence-electron chi connectivity index (χ3n) is 2.67. The molecular weight excluding hydrogens is 207 g/mol. The molecule has 1 aromatic rings. The van der Waals surface area contributed by atoms with E-state index in [4.69, 9.17) is 4.74 Å². The number of aliphatic hydroxyl groups excluding tert-OH is 1. The lowest BCUT2D eigenvalue weighted by molar-refractivity contribution is -0.0356. The molecule has 0 bridgehead atoms. The van der Waals surface area contributed by atoms with Crippen molar-refractivity contribution >= 4 is 0 Å². The average molecular weight is 226 g/mol. The maximum absolute atomic E-state index is 13.3. The lowest BCUT2D eigenvalue weighted by Gasteiger charge is -2.22. The zero-order chi connectivity index (χ0) is 12.1. The molecular formula is C13H19FO2. The van der Waals surface area contributed by atoms with Crippen molar-refractivity contribution in [3.05, 3.63) is 35.1 Å². The Bertz CT molecular complexity index is 339. The summed E-state index contributed by atoms with van der Waals surface area (Å²) in [5.41, 5.74) is 1.16. The normalized spacial score (nSPS) is 14.8. The predicted octanol–water partition coefficient (Wildman–Crippen LogP) is 2.98. The Morgan fingerprint density at radius 2 is 2.06 bits per heavy atom. The molecule has 0 aliphatic rings. The van der Waals surface area contributed by atoms with E-state index in [9.17, 15) is 9.50 Å². The maximum Gasteiger partial charge on any atom is 0.126 e. The molecule has 0 spiro atoms. The van der Waals surface area contributed by atoms with Crippen LogP contribution >= 0.6 is 0 Å². The first-order valence-corrected chi connectivity index (χ1v) is 5.65. The highest BCUT2D eigenvalue weighted by atomic mass is 19.1. The van der Waals surface area contributed by atoms with Gasteiger partial charge in [-0.1, -0.05) is 19.1 Å². The number of rotatable bonds is 5. The molecule has 0 amide bonds. The summed E-state index contributed by atoms with van der Waals surface area (Å²) in [6.07, 6.45) is -0.336. The van der Waals surface area contributed by atoms with Gasteiger partial charge in [0.2, 0.25) is 0 Å². The second kappa shape index (κ2) is 5.97. The van der Waals surface area contributed by atoms with Crippen molar-refractivity contribution in [3.63, 3.8) is 0 Å². The van der Waals surface area contributed by atoms with Gasteiger partial charge < -0.3 is 9.84 Å². The number of ether oxygens (including phenoxy) is 1. The molecule has 1 rings (SSSR count). The van der Waals surface area contributed by atoms with Gasteiger partial charge in [-0.3, -0.25) is 0 Å². The Morgan fingerprint density at radius 3 is 2.56 bits per heavy atom. The first-order valence-electron chi connectivity index (χ1n) is 5.65. The average Bonchev–Trinajstić information content (AvgIpc) is 2.28. The van der Waals surface area contributed by atoms with Crippen molar-refractivity contribution in [2.75, 3.05) is 6.61 Å². The SMILES string of the molecule is CCOC(CC)C(O)c1ccc(C)c(F)c1. The highest BCUT2D eigenvalue weighted by Crippen LogP contribution is 2.23. The minimum atomic E-state index is -0.764. The van der Waals surface area contributed by atoms with Gasteiger partial charge in [0.1, 0.15) is 11.9 Å². The van der Waals surface area contributed by atoms with Gasteiger partial charge in [0.15, 0.2) is 0 Å². The molecule has 90 valence electrons. The van der Waals surface area contributed by atoms with Crippen LogP contribution in [0.5, 0.6) is 0 Å². The van der Waals surface area contributed by atoms with Crippen LogP contribution in [0.4, 0.5) is 4.39 Å². The third-order valence-corrected chi connectivity index (χ3v) is 2.67. The van der Waals surface area contributed by atoms with Gasteiger partial charge in [-0.15, -0.1) is 0 Å². The maximum atomic E-state index is 13.3. The number of hydrogen-bond donors (Lipinski definition) is 1. The van der Waals surface area contributed by atoms with Crippen molar-refractivity contribution in [1.82, 2.24) is 0 Å². The van der Waals surface area contributed by atoms with E-state index >= 15 is 0 Å². The van der Waals surface area contributed by atoms with E-state index in [2.05, 4.69) is 0 Å². The lowest BCUT2D eigenvalue weighted by Crippen LogP contribution is -2.21. The molecule has 0 fully saturated rings. The molecule has 2 unspecified atom stereocenters. The summed E-state index contributed by atoms with van der Waals surface area (Å²) in [6, 6.07) is 4.79. The summed E-state index contributed by atoms with van der Waals surface area (Å²) in [7, 11) is 0. The summed E-state index contributed by atoms with van der Waals surface area (Å²) in [5.74, 6) is -0.289. The molecule has 1 N–H and O–H groups in total. The summed E-state index contributed by atoms with van der Waals surface area (Å²) in [5, 5.41) is 10.0. The van der Waals surface area contributed by atoms with Crippen LogP contribution in [-0.2, 0) is 4.74 Å². The first kappa shape index (κ1) is 13.1. The molecule has 16 heavy (non-hydrogen) atoms. The number of benzene rings is 1. The van der Waals surface area contributed by atoms with Gasteiger partial charge in [0.05, 0.1) is 6.10 Å². The molecule has 2 atom stereocenters. The van der Waals surface area contributed by atoms with E-state index in [1.807, 2.05) is 13.8 Å². The topological polar surface area (TPSA) is 29.5 Å². The fourth-order valence-corrected chi connectivity index (χ4v) is 1.65. The third kappa shape index (κ3) is 3.03. The second-order valence-corrected chi connectivity index (χ2v) is 3.86. The van der Waals surface area contributed by atoms with E-state index in [0.29, 0.717) is 24.2 Å². The van der Waals surface area contributed by atoms with Crippen LogP contribution in [0.15, 0.2) is 18.2 Å². The van der Waals surface area contributed by atoms with Gasteiger partial charge in [-0.25, -0.2) is 4.39 Å². The molecule has 0 aliphatic heterocycles. The molecule has 3 heteroatoms. The highest BCUT2D eigenvalue weighted by Gasteiger charge is 2.20. The number of halogens is 1. The van der Waals surface area contributed by atoms with E-state index in [0.717, 1.165) is 0 Å². The number of hydrogen-bond acceptors (Lipinski definition) is 2. The van der Waals surface area contributed by atoms with E-state index < -0.39 is 6.10 Å². The van der Waals surface area contributed by atoms with Crippen molar-refractivity contribution in [2.24, 2.45) is 0 Å².